The van der Waals surface area contributed by atoms with Crippen LogP contribution in [0.5, 0.6) is 0 Å². The van der Waals surface area contributed by atoms with Gasteiger partial charge in [0, 0.05) is 19.1 Å². The quantitative estimate of drug-likeness (QED) is 0.784. The van der Waals surface area contributed by atoms with Crippen molar-refractivity contribution in [1.29, 1.82) is 0 Å². The SMILES string of the molecule is CCOC1(C(=O)C2CCCOC2)CCC(C)(C)CC1. The predicted octanol–water partition coefficient (Wildman–Crippen LogP) is 3.36. The molecular formula is C16H28O3. The Labute approximate surface area is 117 Å². The minimum absolute atomic E-state index is 0.0570. The van der Waals surface area contributed by atoms with Crippen LogP contribution in [0.4, 0.5) is 0 Å². The fourth-order valence-corrected chi connectivity index (χ4v) is 3.39. The van der Waals surface area contributed by atoms with Gasteiger partial charge >= 0.3 is 0 Å². The predicted molar refractivity (Wildman–Crippen MR) is 75.2 cm³/mol. The average Bonchev–Trinajstić information content (AvgIpc) is 2.42. The Hall–Kier alpha value is -0.410. The van der Waals surface area contributed by atoms with Gasteiger partial charge in [-0.05, 0) is 50.9 Å². The molecule has 0 aromatic rings. The summed E-state index contributed by atoms with van der Waals surface area (Å²) in [5, 5.41) is 0. The van der Waals surface area contributed by atoms with Crippen LogP contribution in [0.15, 0.2) is 0 Å². The molecular weight excluding hydrogens is 240 g/mol. The van der Waals surface area contributed by atoms with E-state index in [2.05, 4.69) is 13.8 Å². The number of hydrogen-bond acceptors (Lipinski definition) is 3. The van der Waals surface area contributed by atoms with Crippen LogP contribution >= 0.6 is 0 Å². The summed E-state index contributed by atoms with van der Waals surface area (Å²) in [6.07, 6.45) is 5.88. The summed E-state index contributed by atoms with van der Waals surface area (Å²) in [6, 6.07) is 0. The van der Waals surface area contributed by atoms with Crippen molar-refractivity contribution < 1.29 is 14.3 Å². The molecule has 0 spiro atoms. The zero-order valence-electron chi connectivity index (χ0n) is 12.7. The van der Waals surface area contributed by atoms with E-state index in [-0.39, 0.29) is 5.92 Å². The topological polar surface area (TPSA) is 35.5 Å². The van der Waals surface area contributed by atoms with Crippen molar-refractivity contribution in [2.24, 2.45) is 11.3 Å². The summed E-state index contributed by atoms with van der Waals surface area (Å²) < 4.78 is 11.5. The maximum absolute atomic E-state index is 12.9. The van der Waals surface area contributed by atoms with Crippen LogP contribution in [0.1, 0.15) is 59.3 Å². The molecule has 2 aliphatic rings. The second-order valence-corrected chi connectivity index (χ2v) is 6.87. The molecule has 3 heteroatoms. The van der Waals surface area contributed by atoms with E-state index in [1.165, 1.54) is 0 Å². The van der Waals surface area contributed by atoms with E-state index >= 15 is 0 Å². The number of Topliss-reactive ketones (excluding diaryl/α,β-unsaturated/α-hetero) is 1. The van der Waals surface area contributed by atoms with Crippen molar-refractivity contribution in [3.8, 4) is 0 Å². The van der Waals surface area contributed by atoms with Gasteiger partial charge in [0.05, 0.1) is 6.61 Å². The molecule has 110 valence electrons. The van der Waals surface area contributed by atoms with Gasteiger partial charge in [-0.1, -0.05) is 13.8 Å². The number of carbonyl (C=O) groups excluding carboxylic acids is 1. The zero-order chi connectivity index (χ0) is 13.9. The van der Waals surface area contributed by atoms with E-state index in [0.29, 0.717) is 24.4 Å². The molecule has 1 saturated heterocycles. The standard InChI is InChI=1S/C16H28O3/c1-4-19-16(9-7-15(2,3)8-10-16)14(17)13-6-5-11-18-12-13/h13H,4-12H2,1-3H3. The van der Waals surface area contributed by atoms with Gasteiger partial charge in [0.1, 0.15) is 5.60 Å². The van der Waals surface area contributed by atoms with Gasteiger partial charge in [-0.25, -0.2) is 0 Å². The van der Waals surface area contributed by atoms with Crippen LogP contribution < -0.4 is 0 Å². The zero-order valence-corrected chi connectivity index (χ0v) is 12.7. The lowest BCUT2D eigenvalue weighted by atomic mass is 9.67. The van der Waals surface area contributed by atoms with Gasteiger partial charge in [0.2, 0.25) is 0 Å². The highest BCUT2D eigenvalue weighted by Gasteiger charge is 2.47. The first-order valence-corrected chi connectivity index (χ1v) is 7.75. The van der Waals surface area contributed by atoms with Gasteiger partial charge in [0.15, 0.2) is 5.78 Å². The average molecular weight is 268 g/mol. The molecule has 0 aromatic heterocycles. The van der Waals surface area contributed by atoms with E-state index < -0.39 is 5.60 Å². The Bertz CT molecular complexity index is 306. The Balaban J connectivity index is 2.08. The van der Waals surface area contributed by atoms with Crippen molar-refractivity contribution in [2.75, 3.05) is 19.8 Å². The van der Waals surface area contributed by atoms with Gasteiger partial charge in [0.25, 0.3) is 0 Å². The normalized spacial score (nSPS) is 29.9. The van der Waals surface area contributed by atoms with Crippen LogP contribution in [-0.2, 0) is 14.3 Å². The molecule has 2 rings (SSSR count). The first-order chi connectivity index (χ1) is 8.99. The fraction of sp³-hybridized carbons (Fsp3) is 0.938. The van der Waals surface area contributed by atoms with Crippen LogP contribution in [0.2, 0.25) is 0 Å². The molecule has 1 unspecified atom stereocenters. The molecule has 2 fully saturated rings. The maximum atomic E-state index is 12.9. The van der Waals surface area contributed by atoms with Crippen LogP contribution in [0, 0.1) is 11.3 Å². The van der Waals surface area contributed by atoms with Crippen LogP contribution in [-0.4, -0.2) is 31.2 Å². The lowest BCUT2D eigenvalue weighted by molar-refractivity contribution is -0.160. The third kappa shape index (κ3) is 3.38. The summed E-state index contributed by atoms with van der Waals surface area (Å²) in [5.41, 5.74) is -0.167. The number of ketones is 1. The number of ether oxygens (including phenoxy) is 2. The molecule has 0 aromatic carbocycles. The highest BCUT2D eigenvalue weighted by atomic mass is 16.5. The summed E-state index contributed by atoms with van der Waals surface area (Å²) in [5.74, 6) is 0.367. The van der Waals surface area contributed by atoms with Gasteiger partial charge in [-0.2, -0.15) is 0 Å². The summed E-state index contributed by atoms with van der Waals surface area (Å²) >= 11 is 0. The summed E-state index contributed by atoms with van der Waals surface area (Å²) in [6.45, 7) is 8.59. The van der Waals surface area contributed by atoms with E-state index in [1.807, 2.05) is 6.92 Å². The smallest absolute Gasteiger partial charge is 0.169 e. The minimum atomic E-state index is -0.518. The molecule has 0 N–H and O–H groups in total. The largest absolute Gasteiger partial charge is 0.381 e. The molecule has 1 aliphatic carbocycles. The first kappa shape index (κ1) is 15.0. The van der Waals surface area contributed by atoms with Crippen molar-refractivity contribution in [2.45, 2.75) is 64.9 Å². The molecule has 0 bridgehead atoms. The molecule has 0 amide bonds. The molecule has 0 radical (unpaired) electrons. The van der Waals surface area contributed by atoms with Gasteiger partial charge in [-0.15, -0.1) is 0 Å². The Morgan fingerprint density at radius 1 is 1.26 bits per heavy atom. The van der Waals surface area contributed by atoms with Crippen LogP contribution in [0.25, 0.3) is 0 Å². The van der Waals surface area contributed by atoms with Crippen molar-refractivity contribution >= 4 is 5.78 Å². The molecule has 19 heavy (non-hydrogen) atoms. The molecule has 1 aliphatic heterocycles. The second kappa shape index (κ2) is 5.92. The molecule has 1 saturated carbocycles. The van der Waals surface area contributed by atoms with Crippen molar-refractivity contribution in [3.63, 3.8) is 0 Å². The highest BCUT2D eigenvalue weighted by Crippen LogP contribution is 2.44. The molecule has 1 heterocycles. The first-order valence-electron chi connectivity index (χ1n) is 7.75. The monoisotopic (exact) mass is 268 g/mol. The second-order valence-electron chi connectivity index (χ2n) is 6.87. The summed E-state index contributed by atoms with van der Waals surface area (Å²) in [4.78, 5) is 12.9. The van der Waals surface area contributed by atoms with E-state index in [9.17, 15) is 4.79 Å². The Kier molecular flexibility index (Phi) is 4.67. The highest BCUT2D eigenvalue weighted by molar-refractivity contribution is 5.89. The van der Waals surface area contributed by atoms with Crippen LogP contribution in [0.3, 0.4) is 0 Å². The van der Waals surface area contributed by atoms with Crippen molar-refractivity contribution in [1.82, 2.24) is 0 Å². The molecule has 3 nitrogen and oxygen atoms in total. The van der Waals surface area contributed by atoms with Crippen molar-refractivity contribution in [3.05, 3.63) is 0 Å². The Morgan fingerprint density at radius 3 is 2.47 bits per heavy atom. The maximum Gasteiger partial charge on any atom is 0.169 e. The number of hydrogen-bond donors (Lipinski definition) is 0. The fourth-order valence-electron chi connectivity index (χ4n) is 3.39. The third-order valence-corrected chi connectivity index (χ3v) is 4.81. The van der Waals surface area contributed by atoms with E-state index in [4.69, 9.17) is 9.47 Å². The van der Waals surface area contributed by atoms with E-state index in [0.717, 1.165) is 45.1 Å². The lowest BCUT2D eigenvalue weighted by Gasteiger charge is -2.44. The number of rotatable bonds is 4. The third-order valence-electron chi connectivity index (χ3n) is 4.81. The lowest BCUT2D eigenvalue weighted by Crippen LogP contribution is -2.50. The molecule has 1 atom stereocenters. The van der Waals surface area contributed by atoms with Gasteiger partial charge in [-0.3, -0.25) is 4.79 Å². The minimum Gasteiger partial charge on any atom is -0.381 e. The summed E-state index contributed by atoms with van der Waals surface area (Å²) in [7, 11) is 0. The van der Waals surface area contributed by atoms with E-state index in [1.54, 1.807) is 0 Å². The van der Waals surface area contributed by atoms with Gasteiger partial charge < -0.3 is 9.47 Å². The Morgan fingerprint density at radius 2 is 1.95 bits per heavy atom. The number of carbonyl (C=O) groups is 1.